The number of nitrogens with zero attached hydrogens (tertiary/aromatic N) is 10. The molecule has 17 heteroatoms. The van der Waals surface area contributed by atoms with Gasteiger partial charge in [0, 0.05) is 137 Å². The van der Waals surface area contributed by atoms with Crippen LogP contribution < -0.4 is 20.9 Å². The predicted molar refractivity (Wildman–Crippen MR) is 270 cm³/mol. The number of hydrogen-bond donors (Lipinski definition) is 2. The topological polar surface area (TPSA) is 145 Å². The minimum absolute atomic E-state index is 0.764. The molecule has 67 heavy (non-hydrogen) atoms. The van der Waals surface area contributed by atoms with Crippen molar-refractivity contribution in [1.82, 2.24) is 39.5 Å². The fraction of sp³-hybridized carbons (Fsp3) is 0.440. The van der Waals surface area contributed by atoms with Crippen molar-refractivity contribution in [3.05, 3.63) is 102 Å². The molecule has 4 aliphatic heterocycles. The van der Waals surface area contributed by atoms with E-state index in [9.17, 15) is 0 Å². The summed E-state index contributed by atoms with van der Waals surface area (Å²) in [6, 6.07) is 33.2. The van der Waals surface area contributed by atoms with Gasteiger partial charge in [0.2, 0.25) is 0 Å². The Kier molecular flexibility index (Phi) is 19.9. The van der Waals surface area contributed by atoms with Crippen LogP contribution in [0.15, 0.2) is 102 Å². The Hall–Kier alpha value is -4.38. The molecule has 10 rings (SSSR count). The Morgan fingerprint density at radius 1 is 0.567 bits per heavy atom. The first-order valence-corrected chi connectivity index (χ1v) is 24.8. The number of anilines is 3. The number of nitrogens with two attached hydrogens (primary N) is 1. The van der Waals surface area contributed by atoms with Gasteiger partial charge in [-0.05, 0) is 50.5 Å². The molecule has 4 fully saturated rings. The zero-order chi connectivity index (χ0) is 46.8. The van der Waals surface area contributed by atoms with Gasteiger partial charge in [0.1, 0.15) is 11.6 Å². The molecule has 4 aromatic carbocycles. The van der Waals surface area contributed by atoms with Crippen molar-refractivity contribution in [2.75, 3.05) is 160 Å². The van der Waals surface area contributed by atoms with E-state index in [1.54, 1.807) is 0 Å². The van der Waals surface area contributed by atoms with Crippen LogP contribution in [0.3, 0.4) is 0 Å². The van der Waals surface area contributed by atoms with Crippen molar-refractivity contribution in [1.29, 1.82) is 0 Å². The molecule has 2 aromatic heterocycles. The molecule has 6 heterocycles. The van der Waals surface area contributed by atoms with Gasteiger partial charge in [0.15, 0.2) is 11.6 Å². The van der Waals surface area contributed by atoms with Crippen molar-refractivity contribution in [3.63, 3.8) is 0 Å². The number of morpholine rings is 2. The zero-order valence-corrected chi connectivity index (χ0v) is 42.0. The summed E-state index contributed by atoms with van der Waals surface area (Å²) < 4.78 is 19.8. The molecule has 0 saturated carbocycles. The number of aromatic nitrogens is 4. The van der Waals surface area contributed by atoms with Gasteiger partial charge in [-0.1, -0.05) is 76.6 Å². The molecule has 0 aliphatic carbocycles. The second-order valence-corrected chi connectivity index (χ2v) is 18.0. The summed E-state index contributed by atoms with van der Waals surface area (Å²) in [4.78, 5) is 34.0. The van der Waals surface area contributed by atoms with E-state index in [2.05, 4.69) is 119 Å². The molecule has 4 aliphatic rings. The molecule has 3 N–H and O–H groups in total. The van der Waals surface area contributed by atoms with Crippen LogP contribution in [0.25, 0.3) is 44.6 Å². The summed E-state index contributed by atoms with van der Waals surface area (Å²) in [5.41, 5.74) is 10.6. The van der Waals surface area contributed by atoms with E-state index in [4.69, 9.17) is 38.6 Å². The number of piperazine rings is 2. The van der Waals surface area contributed by atoms with Crippen LogP contribution in [0.5, 0.6) is 0 Å². The summed E-state index contributed by atoms with van der Waals surface area (Å²) in [5, 5.41) is 5.82. The summed E-state index contributed by atoms with van der Waals surface area (Å²) in [7, 11) is 4.35. The third-order valence-electron chi connectivity index (χ3n) is 12.4. The van der Waals surface area contributed by atoms with Crippen molar-refractivity contribution >= 4 is 55.1 Å². The SMILES string of the molecule is CN1CCN(c2nc(-c3ccccc3)nc3ccc(Br)cc23)CC1.CN1CCN(c2nc(-c3ccccc3)nc3ccc(NCCN4CCOCC4)cc23)CC1.NCCN1CCOCC1.[O]=[Pd]. The third-order valence-corrected chi connectivity index (χ3v) is 12.9. The molecule has 0 unspecified atom stereocenters. The van der Waals surface area contributed by atoms with Crippen LogP contribution in [-0.2, 0) is 32.1 Å². The summed E-state index contributed by atoms with van der Waals surface area (Å²) >= 11 is 5.08. The van der Waals surface area contributed by atoms with Gasteiger partial charge in [0.05, 0.1) is 37.5 Å². The molecule has 6 aromatic rings. The minimum atomic E-state index is 0.764. The molecule has 360 valence electrons. The first kappa shape index (κ1) is 50.5. The van der Waals surface area contributed by atoms with Gasteiger partial charge in [-0.25, -0.2) is 19.9 Å². The maximum atomic E-state index is 8.10. The number of rotatable bonds is 10. The van der Waals surface area contributed by atoms with E-state index < -0.39 is 0 Å². The van der Waals surface area contributed by atoms with E-state index in [1.165, 1.54) is 19.2 Å². The first-order chi connectivity index (χ1) is 32.9. The fourth-order valence-corrected chi connectivity index (χ4v) is 8.81. The van der Waals surface area contributed by atoms with Crippen molar-refractivity contribution in [3.8, 4) is 22.8 Å². The second kappa shape index (κ2) is 26.4. The number of halogens is 1. The van der Waals surface area contributed by atoms with Crippen molar-refractivity contribution < 1.29 is 32.1 Å². The monoisotopic (exact) mass is 1070 g/mol. The van der Waals surface area contributed by atoms with Crippen LogP contribution in [0.4, 0.5) is 17.3 Å². The molecule has 0 radical (unpaired) electrons. The average Bonchev–Trinajstić information content (AvgIpc) is 3.38. The molecule has 0 bridgehead atoms. The quantitative estimate of drug-likeness (QED) is 0.161. The Morgan fingerprint density at radius 2 is 1.01 bits per heavy atom. The van der Waals surface area contributed by atoms with Gasteiger partial charge in [-0.3, -0.25) is 9.80 Å². The summed E-state index contributed by atoms with van der Waals surface area (Å²) in [6.45, 7) is 19.4. The number of benzene rings is 4. The number of ether oxygens (including phenoxy) is 2. The normalized spacial score (nSPS) is 17.5. The number of hydrogen-bond acceptors (Lipinski definition) is 15. The average molecular weight is 1070 g/mol. The van der Waals surface area contributed by atoms with E-state index in [0.717, 1.165) is 198 Å². The first-order valence-electron chi connectivity index (χ1n) is 23.3. The number of nitrogens with one attached hydrogen (secondary N) is 1. The van der Waals surface area contributed by atoms with Crippen molar-refractivity contribution in [2.45, 2.75) is 0 Å². The van der Waals surface area contributed by atoms with Crippen LogP contribution in [0.1, 0.15) is 0 Å². The second-order valence-electron chi connectivity index (χ2n) is 17.1. The van der Waals surface area contributed by atoms with E-state index in [-0.39, 0.29) is 0 Å². The van der Waals surface area contributed by atoms with E-state index >= 15 is 0 Å². The van der Waals surface area contributed by atoms with Gasteiger partial charge in [-0.15, -0.1) is 0 Å². The van der Waals surface area contributed by atoms with Crippen LogP contribution >= 0.6 is 15.9 Å². The summed E-state index contributed by atoms with van der Waals surface area (Å²) in [6.07, 6.45) is 0. The zero-order valence-electron chi connectivity index (χ0n) is 38.8. The molecular weight excluding hydrogens is 1000 g/mol. The predicted octanol–water partition coefficient (Wildman–Crippen LogP) is 5.76. The fourth-order valence-electron chi connectivity index (χ4n) is 8.45. The van der Waals surface area contributed by atoms with E-state index in [0.29, 0.717) is 0 Å². The Bertz CT molecular complexity index is 2410. The van der Waals surface area contributed by atoms with Crippen LogP contribution in [-0.4, -0.2) is 185 Å². The van der Waals surface area contributed by atoms with Crippen molar-refractivity contribution in [2.24, 2.45) is 5.73 Å². The van der Waals surface area contributed by atoms with Crippen LogP contribution in [0.2, 0.25) is 0 Å². The van der Waals surface area contributed by atoms with Gasteiger partial charge in [0.25, 0.3) is 0 Å². The molecule has 15 nitrogen and oxygen atoms in total. The molecule has 0 spiro atoms. The molecule has 0 amide bonds. The van der Waals surface area contributed by atoms with Gasteiger partial charge in [-0.2, -0.15) is 0 Å². The Balaban J connectivity index is 0.000000167. The third kappa shape index (κ3) is 14.6. The number of fused-ring (bicyclic) bond motifs is 2. The maximum absolute atomic E-state index is 8.10. The van der Waals surface area contributed by atoms with Gasteiger partial charge < -0.3 is 40.1 Å². The Labute approximate surface area is 414 Å². The van der Waals surface area contributed by atoms with E-state index in [1.807, 2.05) is 42.5 Å². The number of likely N-dealkylation sites (N-methyl/N-ethyl adjacent to an activating group) is 2. The summed E-state index contributed by atoms with van der Waals surface area (Å²) in [5.74, 6) is 3.66. The van der Waals surface area contributed by atoms with Crippen LogP contribution in [0, 0.1) is 0 Å². The standard InChI is InChI=1S/C25H32N6O.C19H19BrN4.C6H14N2O.O.Pd/c1-29-11-13-31(14-12-29)25-22-19-21(26-9-10-30-15-17-32-18-16-30)7-8-23(22)27-24(28-25)20-5-3-2-4-6-20;1-23-9-11-24(12-10-23)19-16-13-15(20)7-8-17(16)21-18(22-19)14-5-3-2-4-6-14;7-1-2-8-3-5-9-6-4-8;;/h2-8,19,26H,9-18H2,1H3;2-8,13H,9-12H2,1H3;1-7H2;;. The van der Waals surface area contributed by atoms with Gasteiger partial charge >= 0.3 is 22.6 Å². The Morgan fingerprint density at radius 3 is 1.49 bits per heavy atom. The molecule has 0 atom stereocenters. The molecular formula is C50H65BrN12O3Pd. The molecule has 4 saturated heterocycles.